The molecule has 2 aromatic rings. The zero-order chi connectivity index (χ0) is 26.2. The summed E-state index contributed by atoms with van der Waals surface area (Å²) in [4.78, 5) is 16.8. The molecule has 5 nitrogen and oxygen atoms in total. The van der Waals surface area contributed by atoms with Gasteiger partial charge < -0.3 is 14.4 Å². The third-order valence-electron chi connectivity index (χ3n) is 7.18. The highest BCUT2D eigenvalue weighted by molar-refractivity contribution is 6.30. The Morgan fingerprint density at radius 2 is 1.62 bits per heavy atom. The van der Waals surface area contributed by atoms with E-state index < -0.39 is 17.9 Å². The summed E-state index contributed by atoms with van der Waals surface area (Å²) in [5, 5.41) is 0.0930. The molecule has 2 heterocycles. The minimum absolute atomic E-state index is 0.0930. The highest BCUT2D eigenvalue weighted by Crippen LogP contribution is 2.43. The standard InChI is InChI=1S/C27H29ClF4N2O3/c28-19-12-21(14-22(13-19)37-27(30,31)32)36-20-5-9-33(10-6-20)16-18-11-25(29)24(15-23(18)17-3-4-17)26(35)34-7-1-2-8-34/h11-15,17,20H,1-10,16H2. The Hall–Kier alpha value is -2.52. The summed E-state index contributed by atoms with van der Waals surface area (Å²) in [5.41, 5.74) is 2.16. The molecule has 200 valence electrons. The molecule has 0 bridgehead atoms. The summed E-state index contributed by atoms with van der Waals surface area (Å²) in [6.45, 7) is 3.33. The molecule has 0 radical (unpaired) electrons. The maximum atomic E-state index is 15.1. The van der Waals surface area contributed by atoms with Crippen LogP contribution in [-0.4, -0.2) is 54.4 Å². The van der Waals surface area contributed by atoms with E-state index in [9.17, 15) is 18.0 Å². The lowest BCUT2D eigenvalue weighted by atomic mass is 9.97. The fourth-order valence-corrected chi connectivity index (χ4v) is 5.43. The van der Waals surface area contributed by atoms with Crippen molar-refractivity contribution in [2.24, 2.45) is 0 Å². The predicted molar refractivity (Wildman–Crippen MR) is 131 cm³/mol. The van der Waals surface area contributed by atoms with Crippen LogP contribution in [0.4, 0.5) is 17.6 Å². The topological polar surface area (TPSA) is 42.0 Å². The van der Waals surface area contributed by atoms with Gasteiger partial charge in [-0.25, -0.2) is 4.39 Å². The number of ether oxygens (including phenoxy) is 2. The first kappa shape index (κ1) is 26.1. The van der Waals surface area contributed by atoms with E-state index in [2.05, 4.69) is 9.64 Å². The van der Waals surface area contributed by atoms with E-state index in [1.54, 1.807) is 11.0 Å². The van der Waals surface area contributed by atoms with Gasteiger partial charge in [-0.1, -0.05) is 11.6 Å². The Kier molecular flexibility index (Phi) is 7.54. The summed E-state index contributed by atoms with van der Waals surface area (Å²) in [7, 11) is 0. The number of benzene rings is 2. The lowest BCUT2D eigenvalue weighted by Gasteiger charge is -2.33. The van der Waals surface area contributed by atoms with Crippen molar-refractivity contribution in [3.05, 3.63) is 57.9 Å². The van der Waals surface area contributed by atoms with E-state index in [-0.39, 0.29) is 28.3 Å². The second-order valence-electron chi connectivity index (χ2n) is 10.1. The molecular weight excluding hydrogens is 512 g/mol. The van der Waals surface area contributed by atoms with E-state index in [4.69, 9.17) is 16.3 Å². The smallest absolute Gasteiger partial charge is 0.490 e. The van der Waals surface area contributed by atoms with Gasteiger partial charge in [-0.2, -0.15) is 0 Å². The molecule has 1 aliphatic carbocycles. The van der Waals surface area contributed by atoms with Crippen LogP contribution in [0, 0.1) is 5.82 Å². The SMILES string of the molecule is O=C(c1cc(C2CC2)c(CN2CCC(Oc3cc(Cl)cc(OC(F)(F)F)c3)CC2)cc1F)N1CCCC1. The molecule has 2 saturated heterocycles. The minimum atomic E-state index is -4.81. The van der Waals surface area contributed by atoms with Gasteiger partial charge in [0.2, 0.25) is 0 Å². The van der Waals surface area contributed by atoms with E-state index in [0.29, 0.717) is 51.5 Å². The van der Waals surface area contributed by atoms with Gasteiger partial charge in [0.1, 0.15) is 23.4 Å². The Labute approximate surface area is 218 Å². The fraction of sp³-hybridized carbons (Fsp3) is 0.519. The zero-order valence-electron chi connectivity index (χ0n) is 20.3. The molecule has 3 fully saturated rings. The van der Waals surface area contributed by atoms with Crippen LogP contribution in [0.3, 0.4) is 0 Å². The third-order valence-corrected chi connectivity index (χ3v) is 7.40. The van der Waals surface area contributed by atoms with Crippen LogP contribution in [0.15, 0.2) is 30.3 Å². The number of hydrogen-bond donors (Lipinski definition) is 0. The number of halogens is 5. The largest absolute Gasteiger partial charge is 0.573 e. The van der Waals surface area contributed by atoms with Crippen LogP contribution in [0.5, 0.6) is 11.5 Å². The van der Waals surface area contributed by atoms with Gasteiger partial charge >= 0.3 is 6.36 Å². The number of carbonyl (C=O) groups excluding carboxylic acids is 1. The van der Waals surface area contributed by atoms with Crippen molar-refractivity contribution < 1.29 is 31.8 Å². The maximum absolute atomic E-state index is 15.1. The van der Waals surface area contributed by atoms with Gasteiger partial charge in [0.15, 0.2) is 0 Å². The number of alkyl halides is 3. The van der Waals surface area contributed by atoms with Gasteiger partial charge in [0.05, 0.1) is 5.56 Å². The normalized spacial score (nSPS) is 19.3. The molecular formula is C27H29ClF4N2O3. The summed E-state index contributed by atoms with van der Waals surface area (Å²) in [6.07, 6.45) is 0.334. The van der Waals surface area contributed by atoms with Crippen molar-refractivity contribution in [3.8, 4) is 11.5 Å². The van der Waals surface area contributed by atoms with Crippen molar-refractivity contribution in [2.75, 3.05) is 26.2 Å². The van der Waals surface area contributed by atoms with Crippen molar-refractivity contribution in [1.29, 1.82) is 0 Å². The summed E-state index contributed by atoms with van der Waals surface area (Å²) < 4.78 is 62.7. The van der Waals surface area contributed by atoms with E-state index in [0.717, 1.165) is 42.9 Å². The molecule has 0 N–H and O–H groups in total. The summed E-state index contributed by atoms with van der Waals surface area (Å²) in [6, 6.07) is 7.05. The minimum Gasteiger partial charge on any atom is -0.490 e. The van der Waals surface area contributed by atoms with Crippen LogP contribution in [0.1, 0.15) is 65.9 Å². The number of hydrogen-bond acceptors (Lipinski definition) is 4. The lowest BCUT2D eigenvalue weighted by Crippen LogP contribution is -2.38. The molecule has 2 aromatic carbocycles. The first-order chi connectivity index (χ1) is 17.6. The summed E-state index contributed by atoms with van der Waals surface area (Å²) >= 11 is 5.95. The van der Waals surface area contributed by atoms with Gasteiger partial charge in [0.25, 0.3) is 5.91 Å². The molecule has 5 rings (SSSR count). The van der Waals surface area contributed by atoms with Gasteiger partial charge in [-0.05, 0) is 79.8 Å². The van der Waals surface area contributed by atoms with E-state index in [1.807, 2.05) is 0 Å². The maximum Gasteiger partial charge on any atom is 0.573 e. The van der Waals surface area contributed by atoms with Gasteiger partial charge in [-0.3, -0.25) is 9.69 Å². The molecule has 0 unspecified atom stereocenters. The van der Waals surface area contributed by atoms with E-state index >= 15 is 4.39 Å². The molecule has 0 atom stereocenters. The van der Waals surface area contributed by atoms with Crippen molar-refractivity contribution >= 4 is 17.5 Å². The average molecular weight is 541 g/mol. The first-order valence-electron chi connectivity index (χ1n) is 12.7. The second kappa shape index (κ2) is 10.7. The average Bonchev–Trinajstić information content (AvgIpc) is 3.51. The fourth-order valence-electron chi connectivity index (χ4n) is 5.21. The van der Waals surface area contributed by atoms with Crippen LogP contribution in [0.25, 0.3) is 0 Å². The molecule has 0 aromatic heterocycles. The molecule has 0 spiro atoms. The van der Waals surface area contributed by atoms with Crippen molar-refractivity contribution in [2.45, 2.75) is 63.5 Å². The number of piperidine rings is 1. The second-order valence-corrected chi connectivity index (χ2v) is 10.5. The number of rotatable bonds is 7. The molecule has 1 amide bonds. The molecule has 2 aliphatic heterocycles. The van der Waals surface area contributed by atoms with Gasteiger partial charge in [0, 0.05) is 43.8 Å². The molecule has 10 heteroatoms. The van der Waals surface area contributed by atoms with Crippen LogP contribution >= 0.6 is 11.6 Å². The van der Waals surface area contributed by atoms with Crippen molar-refractivity contribution in [1.82, 2.24) is 9.80 Å². The zero-order valence-corrected chi connectivity index (χ0v) is 21.1. The number of carbonyl (C=O) groups is 1. The highest BCUT2D eigenvalue weighted by atomic mass is 35.5. The number of nitrogens with zero attached hydrogens (tertiary/aromatic N) is 2. The predicted octanol–water partition coefficient (Wildman–Crippen LogP) is 6.53. The van der Waals surface area contributed by atoms with Crippen LogP contribution in [-0.2, 0) is 6.54 Å². The highest BCUT2D eigenvalue weighted by Gasteiger charge is 2.33. The number of amides is 1. The summed E-state index contributed by atoms with van der Waals surface area (Å²) in [5.74, 6) is -0.508. The Morgan fingerprint density at radius 3 is 2.27 bits per heavy atom. The van der Waals surface area contributed by atoms with Crippen LogP contribution in [0.2, 0.25) is 5.02 Å². The first-order valence-corrected chi connectivity index (χ1v) is 13.1. The lowest BCUT2D eigenvalue weighted by molar-refractivity contribution is -0.274. The Balaban J connectivity index is 1.21. The quantitative estimate of drug-likeness (QED) is 0.374. The molecule has 37 heavy (non-hydrogen) atoms. The van der Waals surface area contributed by atoms with Crippen molar-refractivity contribution in [3.63, 3.8) is 0 Å². The monoisotopic (exact) mass is 540 g/mol. The molecule has 1 saturated carbocycles. The third kappa shape index (κ3) is 6.68. The van der Waals surface area contributed by atoms with E-state index in [1.165, 1.54) is 18.2 Å². The van der Waals surface area contributed by atoms with Crippen LogP contribution < -0.4 is 9.47 Å². The van der Waals surface area contributed by atoms with Gasteiger partial charge in [-0.15, -0.1) is 13.2 Å². The Bertz CT molecular complexity index is 1140. The number of likely N-dealkylation sites (tertiary alicyclic amines) is 2. The molecule has 3 aliphatic rings. The Morgan fingerprint density at radius 1 is 0.946 bits per heavy atom.